The van der Waals surface area contributed by atoms with Crippen molar-refractivity contribution >= 4 is 5.82 Å². The van der Waals surface area contributed by atoms with Gasteiger partial charge in [0.05, 0.1) is 11.1 Å². The van der Waals surface area contributed by atoms with Gasteiger partial charge in [0, 0.05) is 31.9 Å². The number of anilines is 1. The van der Waals surface area contributed by atoms with Gasteiger partial charge in [-0.3, -0.25) is 4.90 Å². The molecule has 0 atom stereocenters. The number of benzene rings is 1. The molecule has 0 spiro atoms. The van der Waals surface area contributed by atoms with E-state index in [1.54, 1.807) is 12.1 Å². The molecule has 1 aliphatic rings. The summed E-state index contributed by atoms with van der Waals surface area (Å²) in [4.78, 5) is 6.19. The lowest BCUT2D eigenvalue weighted by molar-refractivity contribution is -0.137. The first kappa shape index (κ1) is 19.1. The minimum Gasteiger partial charge on any atom is -0.367 e. The molecule has 8 heteroatoms. The lowest BCUT2D eigenvalue weighted by atomic mass is 10.0. The first-order valence-corrected chi connectivity index (χ1v) is 8.55. The van der Waals surface area contributed by atoms with Gasteiger partial charge in [-0.1, -0.05) is 0 Å². The predicted molar refractivity (Wildman–Crippen MR) is 92.3 cm³/mol. The zero-order chi connectivity index (χ0) is 19.4. The van der Waals surface area contributed by atoms with Gasteiger partial charge in [0.1, 0.15) is 17.7 Å². The van der Waals surface area contributed by atoms with E-state index in [1.807, 2.05) is 11.0 Å². The van der Waals surface area contributed by atoms with Crippen molar-refractivity contribution in [1.29, 1.82) is 5.26 Å². The third-order valence-electron chi connectivity index (χ3n) is 4.52. The number of nitriles is 1. The molecule has 1 fully saturated rings. The fourth-order valence-corrected chi connectivity index (χ4v) is 3.15. The van der Waals surface area contributed by atoms with E-state index in [-0.39, 0.29) is 12.6 Å². The van der Waals surface area contributed by atoms with Crippen LogP contribution in [0, 0.1) is 17.1 Å². The zero-order valence-corrected chi connectivity index (χ0v) is 14.4. The Labute approximate surface area is 154 Å². The maximum absolute atomic E-state index is 13.5. The van der Waals surface area contributed by atoms with Gasteiger partial charge in [0.15, 0.2) is 0 Å². The monoisotopic (exact) mass is 378 g/mol. The van der Waals surface area contributed by atoms with Crippen molar-refractivity contribution in [3.8, 4) is 6.07 Å². The van der Waals surface area contributed by atoms with Gasteiger partial charge in [-0.05, 0) is 48.7 Å². The van der Waals surface area contributed by atoms with E-state index in [9.17, 15) is 17.6 Å². The van der Waals surface area contributed by atoms with Crippen molar-refractivity contribution < 1.29 is 17.6 Å². The second-order valence-electron chi connectivity index (χ2n) is 6.58. The van der Waals surface area contributed by atoms with E-state index >= 15 is 0 Å². The molecule has 0 aliphatic carbocycles. The lowest BCUT2D eigenvalue weighted by Crippen LogP contribution is -2.38. The van der Waals surface area contributed by atoms with E-state index in [2.05, 4.69) is 10.3 Å². The van der Waals surface area contributed by atoms with Gasteiger partial charge in [0.2, 0.25) is 0 Å². The van der Waals surface area contributed by atoms with Crippen LogP contribution in [0.1, 0.15) is 29.5 Å². The Morgan fingerprint density at radius 2 is 1.93 bits per heavy atom. The molecule has 3 rings (SSSR count). The van der Waals surface area contributed by atoms with E-state index < -0.39 is 17.6 Å². The van der Waals surface area contributed by atoms with Crippen LogP contribution < -0.4 is 5.32 Å². The Morgan fingerprint density at radius 1 is 1.19 bits per heavy atom. The van der Waals surface area contributed by atoms with Gasteiger partial charge in [-0.2, -0.15) is 18.4 Å². The summed E-state index contributed by atoms with van der Waals surface area (Å²) in [6, 6.07) is 8.32. The van der Waals surface area contributed by atoms with Crippen molar-refractivity contribution in [2.75, 3.05) is 18.4 Å². The zero-order valence-electron chi connectivity index (χ0n) is 14.4. The maximum Gasteiger partial charge on any atom is 0.416 e. The molecule has 0 unspecified atom stereocenters. The summed E-state index contributed by atoms with van der Waals surface area (Å²) in [6.45, 7) is 1.65. The van der Waals surface area contributed by atoms with Crippen LogP contribution >= 0.6 is 0 Å². The van der Waals surface area contributed by atoms with Gasteiger partial charge in [0.25, 0.3) is 0 Å². The van der Waals surface area contributed by atoms with Crippen LogP contribution in [0.2, 0.25) is 0 Å². The Hall–Kier alpha value is -2.66. The molecule has 27 heavy (non-hydrogen) atoms. The van der Waals surface area contributed by atoms with Crippen LogP contribution in [-0.2, 0) is 12.7 Å². The first-order valence-electron chi connectivity index (χ1n) is 8.55. The van der Waals surface area contributed by atoms with Gasteiger partial charge < -0.3 is 5.32 Å². The molecule has 1 aromatic carbocycles. The third-order valence-corrected chi connectivity index (χ3v) is 4.52. The number of halogens is 4. The molecule has 0 amide bonds. The van der Waals surface area contributed by atoms with Crippen LogP contribution in [0.5, 0.6) is 0 Å². The van der Waals surface area contributed by atoms with Crippen molar-refractivity contribution in [2.45, 2.75) is 31.6 Å². The average Bonchev–Trinajstić information content (AvgIpc) is 2.63. The van der Waals surface area contributed by atoms with Gasteiger partial charge in [-0.25, -0.2) is 9.37 Å². The molecule has 142 valence electrons. The number of pyridine rings is 1. The number of nitrogens with zero attached hydrogens (tertiary/aromatic N) is 3. The van der Waals surface area contributed by atoms with Crippen molar-refractivity contribution in [3.05, 3.63) is 59.0 Å². The van der Waals surface area contributed by atoms with Crippen molar-refractivity contribution in [2.24, 2.45) is 0 Å². The molecule has 4 nitrogen and oxygen atoms in total. The van der Waals surface area contributed by atoms with Crippen LogP contribution in [0.3, 0.4) is 0 Å². The summed E-state index contributed by atoms with van der Waals surface area (Å²) in [5, 5.41) is 12.1. The summed E-state index contributed by atoms with van der Waals surface area (Å²) in [5.74, 6) is -0.185. The summed E-state index contributed by atoms with van der Waals surface area (Å²) < 4.78 is 52.0. The molecule has 2 aromatic rings. The average molecular weight is 378 g/mol. The van der Waals surface area contributed by atoms with E-state index in [0.717, 1.165) is 25.0 Å². The minimum atomic E-state index is -4.55. The summed E-state index contributed by atoms with van der Waals surface area (Å²) in [5.41, 5.74) is -0.146. The van der Waals surface area contributed by atoms with Crippen LogP contribution in [-0.4, -0.2) is 29.0 Å². The van der Waals surface area contributed by atoms with Gasteiger partial charge >= 0.3 is 6.18 Å². The second kappa shape index (κ2) is 7.92. The van der Waals surface area contributed by atoms with E-state index in [0.29, 0.717) is 36.1 Å². The normalized spacial score (nSPS) is 16.1. The SMILES string of the molecule is N#Cc1ccc(NC2CCN(Cc3cc(F)cc(C(F)(F)F)c3)CC2)nc1. The molecule has 2 heterocycles. The summed E-state index contributed by atoms with van der Waals surface area (Å²) in [6.07, 6.45) is -1.46. The Balaban J connectivity index is 1.55. The summed E-state index contributed by atoms with van der Waals surface area (Å²) in [7, 11) is 0. The molecule has 1 N–H and O–H groups in total. The van der Waals surface area contributed by atoms with Crippen LogP contribution in [0.15, 0.2) is 36.5 Å². The highest BCUT2D eigenvalue weighted by Crippen LogP contribution is 2.31. The molecule has 0 bridgehead atoms. The number of hydrogen-bond donors (Lipinski definition) is 1. The number of alkyl halides is 3. The largest absolute Gasteiger partial charge is 0.416 e. The predicted octanol–water partition coefficient (Wildman–Crippen LogP) is 4.19. The van der Waals surface area contributed by atoms with Crippen LogP contribution in [0.25, 0.3) is 0 Å². The fourth-order valence-electron chi connectivity index (χ4n) is 3.15. The maximum atomic E-state index is 13.5. The lowest BCUT2D eigenvalue weighted by Gasteiger charge is -2.32. The smallest absolute Gasteiger partial charge is 0.367 e. The molecular formula is C19H18F4N4. The standard InChI is InChI=1S/C19H18F4N4/c20-16-8-14(7-15(9-16)19(21,22)23)12-27-5-3-17(4-6-27)26-18-2-1-13(10-24)11-25-18/h1-2,7-9,11,17H,3-6,12H2,(H,25,26). The van der Waals surface area contributed by atoms with Crippen LogP contribution in [0.4, 0.5) is 23.4 Å². The number of aromatic nitrogens is 1. The first-order chi connectivity index (χ1) is 12.8. The number of piperidine rings is 1. The van der Waals surface area contributed by atoms with E-state index in [1.165, 1.54) is 6.20 Å². The number of hydrogen-bond acceptors (Lipinski definition) is 4. The Bertz CT molecular complexity index is 819. The quantitative estimate of drug-likeness (QED) is 0.811. The van der Waals surface area contributed by atoms with Crippen molar-refractivity contribution in [3.63, 3.8) is 0 Å². The number of rotatable bonds is 4. The summed E-state index contributed by atoms with van der Waals surface area (Å²) >= 11 is 0. The molecule has 1 aliphatic heterocycles. The molecule has 1 aromatic heterocycles. The van der Waals surface area contributed by atoms with E-state index in [4.69, 9.17) is 5.26 Å². The van der Waals surface area contributed by atoms with Crippen molar-refractivity contribution in [1.82, 2.24) is 9.88 Å². The number of nitrogens with one attached hydrogen (secondary N) is 1. The topological polar surface area (TPSA) is 52.0 Å². The Kier molecular flexibility index (Phi) is 5.61. The van der Waals surface area contributed by atoms with Gasteiger partial charge in [-0.15, -0.1) is 0 Å². The third kappa shape index (κ3) is 5.17. The highest BCUT2D eigenvalue weighted by atomic mass is 19.4. The molecule has 0 radical (unpaired) electrons. The molecular weight excluding hydrogens is 360 g/mol. The molecule has 1 saturated heterocycles. The molecule has 0 saturated carbocycles. The second-order valence-corrected chi connectivity index (χ2v) is 6.58. The number of likely N-dealkylation sites (tertiary alicyclic amines) is 1. The fraction of sp³-hybridized carbons (Fsp3) is 0.368. The minimum absolute atomic E-state index is 0.194. The Morgan fingerprint density at radius 3 is 2.52 bits per heavy atom. The highest BCUT2D eigenvalue weighted by Gasteiger charge is 2.31. The highest BCUT2D eigenvalue weighted by molar-refractivity contribution is 5.39.